The van der Waals surface area contributed by atoms with E-state index in [-0.39, 0.29) is 0 Å². The molecule has 1 aliphatic rings. The molecule has 3 nitrogen and oxygen atoms in total. The fourth-order valence-electron chi connectivity index (χ4n) is 2.28. The highest BCUT2D eigenvalue weighted by atomic mass is 16.3. The molecule has 0 unspecified atom stereocenters. The van der Waals surface area contributed by atoms with Crippen molar-refractivity contribution in [1.29, 1.82) is 0 Å². The number of nitrogens with zero attached hydrogens (tertiary/aromatic N) is 1. The van der Waals surface area contributed by atoms with Crippen LogP contribution in [0.3, 0.4) is 0 Å². The second-order valence-corrected chi connectivity index (χ2v) is 4.60. The number of hydrogen-bond donors (Lipinski definition) is 1. The molecule has 0 amide bonds. The summed E-state index contributed by atoms with van der Waals surface area (Å²) < 4.78 is 5.54. The van der Waals surface area contributed by atoms with Crippen LogP contribution in [0.1, 0.15) is 31.3 Å². The fourth-order valence-corrected chi connectivity index (χ4v) is 2.28. The zero-order valence-corrected chi connectivity index (χ0v) is 10.3. The van der Waals surface area contributed by atoms with Crippen LogP contribution in [0.2, 0.25) is 0 Å². The molecular weight excluding hydrogens is 200 g/mol. The molecule has 0 saturated carbocycles. The summed E-state index contributed by atoms with van der Waals surface area (Å²) in [5, 5.41) is 3.58. The maximum atomic E-state index is 5.54. The van der Waals surface area contributed by atoms with E-state index < -0.39 is 0 Å². The third-order valence-corrected chi connectivity index (χ3v) is 3.40. The summed E-state index contributed by atoms with van der Waals surface area (Å²) in [4.78, 5) is 2.51. The van der Waals surface area contributed by atoms with Crippen molar-refractivity contribution in [3.63, 3.8) is 0 Å². The summed E-state index contributed by atoms with van der Waals surface area (Å²) in [6.07, 6.45) is 2.51. The molecule has 2 heterocycles. The van der Waals surface area contributed by atoms with Crippen LogP contribution in [-0.2, 0) is 6.54 Å². The van der Waals surface area contributed by atoms with Crippen molar-refractivity contribution >= 4 is 0 Å². The molecule has 0 spiro atoms. The van der Waals surface area contributed by atoms with Gasteiger partial charge in [0, 0.05) is 6.04 Å². The van der Waals surface area contributed by atoms with Crippen molar-refractivity contribution in [2.45, 2.75) is 39.3 Å². The predicted octanol–water partition coefficient (Wildman–Crippen LogP) is 2.16. The van der Waals surface area contributed by atoms with Crippen LogP contribution < -0.4 is 5.32 Å². The second kappa shape index (κ2) is 5.51. The van der Waals surface area contributed by atoms with Gasteiger partial charge < -0.3 is 14.6 Å². The largest absolute Gasteiger partial charge is 0.465 e. The van der Waals surface area contributed by atoms with Gasteiger partial charge in [-0.3, -0.25) is 0 Å². The lowest BCUT2D eigenvalue weighted by molar-refractivity contribution is 0.204. The Kier molecular flexibility index (Phi) is 4.02. The Bertz CT molecular complexity index is 313. The van der Waals surface area contributed by atoms with Gasteiger partial charge in [0.25, 0.3) is 0 Å². The molecule has 0 aliphatic carbocycles. The van der Waals surface area contributed by atoms with Gasteiger partial charge in [0.05, 0.1) is 6.54 Å². The van der Waals surface area contributed by atoms with Crippen LogP contribution in [0.5, 0.6) is 0 Å². The highest BCUT2D eigenvalue weighted by Crippen LogP contribution is 2.11. The minimum atomic E-state index is 0.660. The van der Waals surface area contributed by atoms with E-state index in [2.05, 4.69) is 23.2 Å². The van der Waals surface area contributed by atoms with Crippen LogP contribution >= 0.6 is 0 Å². The topological polar surface area (TPSA) is 28.4 Å². The number of nitrogens with one attached hydrogen (secondary N) is 1. The summed E-state index contributed by atoms with van der Waals surface area (Å²) in [6.45, 7) is 8.73. The minimum absolute atomic E-state index is 0.660. The summed E-state index contributed by atoms with van der Waals surface area (Å²) in [7, 11) is 0. The zero-order chi connectivity index (χ0) is 11.4. The van der Waals surface area contributed by atoms with Crippen molar-refractivity contribution in [2.75, 3.05) is 19.6 Å². The van der Waals surface area contributed by atoms with Crippen molar-refractivity contribution in [2.24, 2.45) is 0 Å². The smallest absolute Gasteiger partial charge is 0.117 e. The highest BCUT2D eigenvalue weighted by Gasteiger charge is 2.17. The third-order valence-electron chi connectivity index (χ3n) is 3.40. The first kappa shape index (κ1) is 11.7. The van der Waals surface area contributed by atoms with Gasteiger partial charge >= 0.3 is 0 Å². The van der Waals surface area contributed by atoms with Gasteiger partial charge in [0.2, 0.25) is 0 Å². The zero-order valence-electron chi connectivity index (χ0n) is 10.3. The van der Waals surface area contributed by atoms with E-state index in [9.17, 15) is 0 Å². The Morgan fingerprint density at radius 2 is 2.12 bits per heavy atom. The molecule has 0 bridgehead atoms. The second-order valence-electron chi connectivity index (χ2n) is 4.60. The monoisotopic (exact) mass is 222 g/mol. The van der Waals surface area contributed by atoms with Crippen LogP contribution in [0, 0.1) is 6.92 Å². The van der Waals surface area contributed by atoms with Crippen molar-refractivity contribution < 1.29 is 4.42 Å². The van der Waals surface area contributed by atoms with Gasteiger partial charge in [0.1, 0.15) is 11.5 Å². The van der Waals surface area contributed by atoms with Crippen molar-refractivity contribution in [3.05, 3.63) is 23.7 Å². The van der Waals surface area contributed by atoms with Gasteiger partial charge in [-0.05, 0) is 51.5 Å². The summed E-state index contributed by atoms with van der Waals surface area (Å²) in [5.74, 6) is 2.05. The average Bonchev–Trinajstić information content (AvgIpc) is 2.73. The molecule has 0 aromatic carbocycles. The predicted molar refractivity (Wildman–Crippen MR) is 65.4 cm³/mol. The van der Waals surface area contributed by atoms with E-state index in [0.717, 1.165) is 18.1 Å². The molecule has 0 atom stereocenters. The molecule has 1 fully saturated rings. The van der Waals surface area contributed by atoms with Crippen LogP contribution in [0.4, 0.5) is 0 Å². The lowest BCUT2D eigenvalue weighted by Gasteiger charge is -2.31. The van der Waals surface area contributed by atoms with Gasteiger partial charge in [-0.2, -0.15) is 0 Å². The summed E-state index contributed by atoms with van der Waals surface area (Å²) in [6, 6.07) is 4.74. The van der Waals surface area contributed by atoms with E-state index in [1.165, 1.54) is 32.5 Å². The van der Waals surface area contributed by atoms with Crippen molar-refractivity contribution in [3.8, 4) is 0 Å². The molecular formula is C13H22N2O. The molecule has 1 saturated heterocycles. The molecule has 16 heavy (non-hydrogen) atoms. The van der Waals surface area contributed by atoms with Crippen LogP contribution in [0.15, 0.2) is 16.5 Å². The summed E-state index contributed by atoms with van der Waals surface area (Å²) >= 11 is 0. The quantitative estimate of drug-likeness (QED) is 0.846. The van der Waals surface area contributed by atoms with E-state index in [1.54, 1.807) is 0 Å². The Labute approximate surface area is 97.8 Å². The van der Waals surface area contributed by atoms with Gasteiger partial charge in [-0.15, -0.1) is 0 Å². The van der Waals surface area contributed by atoms with Gasteiger partial charge in [-0.1, -0.05) is 6.92 Å². The molecule has 90 valence electrons. The Morgan fingerprint density at radius 3 is 2.69 bits per heavy atom. The van der Waals surface area contributed by atoms with E-state index >= 15 is 0 Å². The molecule has 2 rings (SSSR count). The third kappa shape index (κ3) is 3.09. The molecule has 1 aliphatic heterocycles. The SMILES string of the molecule is CCN1CCC(NCc2ccc(C)o2)CC1. The number of likely N-dealkylation sites (tertiary alicyclic amines) is 1. The minimum Gasteiger partial charge on any atom is -0.465 e. The first-order valence-corrected chi connectivity index (χ1v) is 6.29. The Balaban J connectivity index is 1.71. The standard InChI is InChI=1S/C13H22N2O/c1-3-15-8-6-12(7-9-15)14-10-13-5-4-11(2)16-13/h4-5,12,14H,3,6-10H2,1-2H3. The van der Waals surface area contributed by atoms with Crippen LogP contribution in [-0.4, -0.2) is 30.6 Å². The van der Waals surface area contributed by atoms with E-state index in [4.69, 9.17) is 4.42 Å². The Hall–Kier alpha value is -0.800. The summed E-state index contributed by atoms with van der Waals surface area (Å²) in [5.41, 5.74) is 0. The van der Waals surface area contributed by atoms with Gasteiger partial charge in [0.15, 0.2) is 0 Å². The van der Waals surface area contributed by atoms with E-state index in [0.29, 0.717) is 6.04 Å². The molecule has 1 aromatic heterocycles. The maximum Gasteiger partial charge on any atom is 0.117 e. The number of furan rings is 1. The molecule has 1 aromatic rings. The van der Waals surface area contributed by atoms with Gasteiger partial charge in [-0.25, -0.2) is 0 Å². The number of aryl methyl sites for hydroxylation is 1. The Morgan fingerprint density at radius 1 is 1.38 bits per heavy atom. The molecule has 3 heteroatoms. The van der Waals surface area contributed by atoms with E-state index in [1.807, 2.05) is 13.0 Å². The number of rotatable bonds is 4. The lowest BCUT2D eigenvalue weighted by Crippen LogP contribution is -2.42. The first-order chi connectivity index (χ1) is 7.78. The number of piperidine rings is 1. The maximum absolute atomic E-state index is 5.54. The number of hydrogen-bond acceptors (Lipinski definition) is 3. The first-order valence-electron chi connectivity index (χ1n) is 6.29. The fraction of sp³-hybridized carbons (Fsp3) is 0.692. The molecule has 1 N–H and O–H groups in total. The van der Waals surface area contributed by atoms with Crippen LogP contribution in [0.25, 0.3) is 0 Å². The lowest BCUT2D eigenvalue weighted by atomic mass is 10.1. The highest BCUT2D eigenvalue weighted by molar-refractivity contribution is 5.05. The average molecular weight is 222 g/mol. The normalized spacial score (nSPS) is 19.1. The molecule has 0 radical (unpaired) electrons. The van der Waals surface area contributed by atoms with Crippen molar-refractivity contribution in [1.82, 2.24) is 10.2 Å².